The number of nitrogens with one attached hydrogen (secondary N) is 1. The molecule has 5 N–H and O–H groups in total. The zero-order valence-corrected chi connectivity index (χ0v) is 9.84. The second kappa shape index (κ2) is 10.6. The largest absolute Gasteiger partial charge is 0.355 e. The molecule has 1 amide bonds. The van der Waals surface area contributed by atoms with Crippen molar-refractivity contribution in [1.29, 1.82) is 0 Å². The van der Waals surface area contributed by atoms with E-state index in [-0.39, 0.29) is 11.7 Å². The third-order valence-corrected chi connectivity index (χ3v) is 2.24. The lowest BCUT2D eigenvalue weighted by atomic mass is 10.1. The van der Waals surface area contributed by atoms with Gasteiger partial charge in [-0.3, -0.25) is 9.59 Å². The molecule has 5 nitrogen and oxygen atoms in total. The zero-order chi connectivity index (χ0) is 12.2. The Morgan fingerprint density at radius 3 is 2.12 bits per heavy atom. The number of carbonyl (C=O) groups is 2. The molecule has 0 bridgehead atoms. The molecule has 0 unspecified atom stereocenters. The van der Waals surface area contributed by atoms with Crippen LogP contribution in [0, 0.1) is 0 Å². The third kappa shape index (κ3) is 9.61. The van der Waals surface area contributed by atoms with Crippen molar-refractivity contribution < 1.29 is 9.59 Å². The first-order valence-corrected chi connectivity index (χ1v) is 5.89. The van der Waals surface area contributed by atoms with Crippen molar-refractivity contribution in [2.75, 3.05) is 19.6 Å². The van der Waals surface area contributed by atoms with Gasteiger partial charge in [-0.1, -0.05) is 0 Å². The average Bonchev–Trinajstić information content (AvgIpc) is 2.29. The number of hydrogen-bond donors (Lipinski definition) is 3. The lowest BCUT2D eigenvalue weighted by Crippen LogP contribution is -2.28. The molecule has 0 aromatic rings. The van der Waals surface area contributed by atoms with Crippen molar-refractivity contribution in [3.05, 3.63) is 0 Å². The maximum absolute atomic E-state index is 11.2. The minimum absolute atomic E-state index is 0.0138. The first-order valence-electron chi connectivity index (χ1n) is 5.89. The quantitative estimate of drug-likeness (QED) is 0.457. The van der Waals surface area contributed by atoms with E-state index >= 15 is 0 Å². The number of hydrogen-bond acceptors (Lipinski definition) is 4. The summed E-state index contributed by atoms with van der Waals surface area (Å²) in [6.07, 6.45) is 3.89. The van der Waals surface area contributed by atoms with Crippen LogP contribution >= 0.6 is 0 Å². The number of nitrogens with two attached hydrogens (primary N) is 2. The molecule has 0 aliphatic carbocycles. The Bertz CT molecular complexity index is 185. The van der Waals surface area contributed by atoms with Crippen LogP contribution in [-0.4, -0.2) is 31.3 Å². The molecular weight excluding hydrogens is 206 g/mol. The molecule has 0 fully saturated rings. The first-order chi connectivity index (χ1) is 7.70. The van der Waals surface area contributed by atoms with Gasteiger partial charge in [0.05, 0.1) is 0 Å². The van der Waals surface area contributed by atoms with E-state index in [1.807, 2.05) is 0 Å². The third-order valence-electron chi connectivity index (χ3n) is 2.24. The van der Waals surface area contributed by atoms with Crippen LogP contribution in [0.2, 0.25) is 0 Å². The molecule has 5 heteroatoms. The molecule has 94 valence electrons. The summed E-state index contributed by atoms with van der Waals surface area (Å²) in [7, 11) is 0. The van der Waals surface area contributed by atoms with Crippen LogP contribution in [0.1, 0.15) is 38.5 Å². The zero-order valence-electron chi connectivity index (χ0n) is 9.84. The topological polar surface area (TPSA) is 98.2 Å². The maximum atomic E-state index is 11.2. The molecule has 0 aromatic carbocycles. The summed E-state index contributed by atoms with van der Waals surface area (Å²) < 4.78 is 0. The highest BCUT2D eigenvalue weighted by molar-refractivity contribution is 5.78. The number of unbranched alkanes of at least 4 members (excludes halogenated alkanes) is 1. The van der Waals surface area contributed by atoms with Crippen LogP contribution < -0.4 is 16.8 Å². The van der Waals surface area contributed by atoms with Gasteiger partial charge >= 0.3 is 0 Å². The molecule has 0 spiro atoms. The Labute approximate surface area is 96.9 Å². The molecule has 0 rings (SSSR count). The highest BCUT2D eigenvalue weighted by Crippen LogP contribution is 2.03. The van der Waals surface area contributed by atoms with Crippen molar-refractivity contribution >= 4 is 11.7 Å². The molecule has 0 atom stereocenters. The van der Waals surface area contributed by atoms with Crippen molar-refractivity contribution in [3.8, 4) is 0 Å². The fourth-order valence-electron chi connectivity index (χ4n) is 1.33. The summed E-state index contributed by atoms with van der Waals surface area (Å²) >= 11 is 0. The van der Waals surface area contributed by atoms with Crippen molar-refractivity contribution in [1.82, 2.24) is 5.32 Å². The van der Waals surface area contributed by atoms with Crippen LogP contribution in [0.25, 0.3) is 0 Å². The smallest absolute Gasteiger partial charge is 0.220 e. The number of Topliss-reactive ketones (excluding diaryl/α,β-unsaturated/α-hetero) is 1. The Kier molecular flexibility index (Phi) is 9.95. The lowest BCUT2D eigenvalue weighted by molar-refractivity contribution is -0.122. The molecule has 0 heterocycles. The fraction of sp³-hybridized carbons (Fsp3) is 0.818. The number of rotatable bonds is 10. The monoisotopic (exact) mass is 229 g/mol. The summed E-state index contributed by atoms with van der Waals surface area (Å²) in [4.78, 5) is 22.4. The summed E-state index contributed by atoms with van der Waals surface area (Å²) in [5, 5.41) is 2.69. The Morgan fingerprint density at radius 1 is 0.875 bits per heavy atom. The van der Waals surface area contributed by atoms with E-state index in [2.05, 4.69) is 5.32 Å². The van der Waals surface area contributed by atoms with Crippen LogP contribution in [0.3, 0.4) is 0 Å². The highest BCUT2D eigenvalue weighted by Gasteiger charge is 2.03. The van der Waals surface area contributed by atoms with E-state index in [9.17, 15) is 9.59 Å². The molecule has 0 radical (unpaired) electrons. The van der Waals surface area contributed by atoms with Gasteiger partial charge in [0.1, 0.15) is 5.78 Å². The van der Waals surface area contributed by atoms with Gasteiger partial charge in [-0.15, -0.1) is 0 Å². The van der Waals surface area contributed by atoms with Gasteiger partial charge < -0.3 is 16.8 Å². The van der Waals surface area contributed by atoms with Gasteiger partial charge in [-0.05, 0) is 25.8 Å². The van der Waals surface area contributed by atoms with E-state index in [0.717, 1.165) is 19.3 Å². The molecule has 0 aromatic heterocycles. The predicted molar refractivity (Wildman–Crippen MR) is 63.8 cm³/mol. The van der Waals surface area contributed by atoms with Gasteiger partial charge in [-0.25, -0.2) is 0 Å². The molecule has 16 heavy (non-hydrogen) atoms. The van der Waals surface area contributed by atoms with E-state index in [0.29, 0.717) is 38.9 Å². The number of amides is 1. The summed E-state index contributed by atoms with van der Waals surface area (Å²) in [6, 6.07) is 0. The van der Waals surface area contributed by atoms with Gasteiger partial charge in [0.25, 0.3) is 0 Å². The standard InChI is InChI=1S/C11H23N3O2/c12-7-3-5-10(15)4-1-2-6-11(16)14-9-8-13/h1-9,12-13H2,(H,14,16). The van der Waals surface area contributed by atoms with Crippen LogP contribution in [0.5, 0.6) is 0 Å². The van der Waals surface area contributed by atoms with Crippen LogP contribution in [0.15, 0.2) is 0 Å². The van der Waals surface area contributed by atoms with Gasteiger partial charge in [0.2, 0.25) is 5.91 Å². The minimum atomic E-state index is 0.0138. The highest BCUT2D eigenvalue weighted by atomic mass is 16.1. The van der Waals surface area contributed by atoms with E-state index in [1.54, 1.807) is 0 Å². The Balaban J connectivity index is 3.31. The van der Waals surface area contributed by atoms with Gasteiger partial charge in [0, 0.05) is 32.4 Å². The normalized spacial score (nSPS) is 10.1. The fourth-order valence-corrected chi connectivity index (χ4v) is 1.33. The summed E-state index contributed by atoms with van der Waals surface area (Å²) in [5.74, 6) is 0.257. The molecule has 0 aliphatic rings. The van der Waals surface area contributed by atoms with E-state index in [1.165, 1.54) is 0 Å². The predicted octanol–water partition coefficient (Wildman–Crippen LogP) is -0.0703. The van der Waals surface area contributed by atoms with Crippen molar-refractivity contribution in [3.63, 3.8) is 0 Å². The SMILES string of the molecule is NCCCC(=O)CCCCC(=O)NCCN. The summed E-state index contributed by atoms with van der Waals surface area (Å²) in [5.41, 5.74) is 10.6. The molecule has 0 saturated heterocycles. The van der Waals surface area contributed by atoms with E-state index < -0.39 is 0 Å². The molecule has 0 aliphatic heterocycles. The number of ketones is 1. The van der Waals surface area contributed by atoms with Crippen molar-refractivity contribution in [2.24, 2.45) is 11.5 Å². The lowest BCUT2D eigenvalue weighted by Gasteiger charge is -2.03. The Hall–Kier alpha value is -0.940. The second-order valence-electron chi connectivity index (χ2n) is 3.78. The van der Waals surface area contributed by atoms with Crippen LogP contribution in [0.4, 0.5) is 0 Å². The van der Waals surface area contributed by atoms with Gasteiger partial charge in [-0.2, -0.15) is 0 Å². The number of carbonyl (C=O) groups excluding carboxylic acids is 2. The van der Waals surface area contributed by atoms with Gasteiger partial charge in [0.15, 0.2) is 0 Å². The second-order valence-corrected chi connectivity index (χ2v) is 3.78. The summed E-state index contributed by atoms with van der Waals surface area (Å²) in [6.45, 7) is 1.55. The van der Waals surface area contributed by atoms with Crippen LogP contribution in [-0.2, 0) is 9.59 Å². The first kappa shape index (κ1) is 15.1. The van der Waals surface area contributed by atoms with Crippen molar-refractivity contribution in [2.45, 2.75) is 38.5 Å². The average molecular weight is 229 g/mol. The molecular formula is C11H23N3O2. The minimum Gasteiger partial charge on any atom is -0.355 e. The Morgan fingerprint density at radius 2 is 1.50 bits per heavy atom. The maximum Gasteiger partial charge on any atom is 0.220 e. The van der Waals surface area contributed by atoms with E-state index in [4.69, 9.17) is 11.5 Å². The molecule has 0 saturated carbocycles.